The summed E-state index contributed by atoms with van der Waals surface area (Å²) in [5.74, 6) is -2.90. The molecule has 182 valence electrons. The molecule has 0 aliphatic carbocycles. The van der Waals surface area contributed by atoms with E-state index in [0.29, 0.717) is 55.5 Å². The number of hydrogen-bond donors (Lipinski definition) is 1. The first-order chi connectivity index (χ1) is 16.3. The van der Waals surface area contributed by atoms with E-state index in [2.05, 4.69) is 5.32 Å². The molecule has 0 radical (unpaired) electrons. The largest absolute Gasteiger partial charge is 0.489 e. The van der Waals surface area contributed by atoms with E-state index in [9.17, 15) is 18.4 Å². The predicted octanol–water partition coefficient (Wildman–Crippen LogP) is 6.18. The van der Waals surface area contributed by atoms with Crippen molar-refractivity contribution in [2.45, 2.75) is 70.3 Å². The lowest BCUT2D eigenvalue weighted by molar-refractivity contribution is -0.0765. The zero-order valence-corrected chi connectivity index (χ0v) is 19.9. The number of carbonyl (C=O) groups is 2. The minimum absolute atomic E-state index is 0.0556. The van der Waals surface area contributed by atoms with Gasteiger partial charge in [-0.1, -0.05) is 43.7 Å². The van der Waals surface area contributed by atoms with Gasteiger partial charge in [-0.15, -0.1) is 0 Å². The first-order valence-electron chi connectivity index (χ1n) is 12.4. The fourth-order valence-corrected chi connectivity index (χ4v) is 5.25. The van der Waals surface area contributed by atoms with Crippen molar-refractivity contribution in [3.63, 3.8) is 0 Å². The van der Waals surface area contributed by atoms with Gasteiger partial charge < -0.3 is 10.1 Å². The third-order valence-corrected chi connectivity index (χ3v) is 7.16. The van der Waals surface area contributed by atoms with Crippen LogP contribution in [0.5, 0.6) is 5.75 Å². The molecule has 0 spiro atoms. The van der Waals surface area contributed by atoms with Gasteiger partial charge in [0.05, 0.1) is 12.1 Å². The lowest BCUT2D eigenvalue weighted by Crippen LogP contribution is -2.45. The highest BCUT2D eigenvalue weighted by atomic mass is 19.3. The van der Waals surface area contributed by atoms with Crippen LogP contribution in [0.1, 0.15) is 90.1 Å². The molecule has 34 heavy (non-hydrogen) atoms. The minimum Gasteiger partial charge on any atom is -0.489 e. The number of carbonyl (C=O) groups excluding carboxylic acids is 2. The normalized spacial score (nSPS) is 23.2. The van der Waals surface area contributed by atoms with Crippen molar-refractivity contribution in [2.24, 2.45) is 5.92 Å². The van der Waals surface area contributed by atoms with Crippen molar-refractivity contribution in [1.29, 1.82) is 0 Å². The number of Topliss-reactive ketones (excluding diaryl/α,β-unsaturated/α-hetero) is 2. The molecule has 1 saturated heterocycles. The van der Waals surface area contributed by atoms with E-state index >= 15 is 0 Å². The quantitative estimate of drug-likeness (QED) is 0.352. The number of ether oxygens (including phenoxy) is 1. The molecule has 2 heterocycles. The minimum atomic E-state index is -2.68. The third kappa shape index (κ3) is 5.07. The van der Waals surface area contributed by atoms with Gasteiger partial charge >= 0.3 is 0 Å². The summed E-state index contributed by atoms with van der Waals surface area (Å²) in [6.07, 6.45) is 2.48. The molecule has 2 aliphatic rings. The number of ketones is 2. The summed E-state index contributed by atoms with van der Waals surface area (Å²) in [4.78, 5) is 25.8. The second kappa shape index (κ2) is 10.3. The smallest absolute Gasteiger partial charge is 0.263 e. The molecule has 0 aromatic heterocycles. The fraction of sp³-hybridized carbons (Fsp3) is 0.500. The van der Waals surface area contributed by atoms with Gasteiger partial charge in [0, 0.05) is 35.8 Å². The maximum absolute atomic E-state index is 14.0. The summed E-state index contributed by atoms with van der Waals surface area (Å²) >= 11 is 0. The Morgan fingerprint density at radius 2 is 1.88 bits per heavy atom. The van der Waals surface area contributed by atoms with Crippen molar-refractivity contribution >= 4 is 11.6 Å². The number of benzene rings is 2. The third-order valence-electron chi connectivity index (χ3n) is 7.16. The summed E-state index contributed by atoms with van der Waals surface area (Å²) in [6.45, 7) is 4.14. The Hall–Kier alpha value is -2.60. The first-order valence-corrected chi connectivity index (χ1v) is 12.4. The van der Waals surface area contributed by atoms with Crippen LogP contribution >= 0.6 is 0 Å². The lowest BCUT2D eigenvalue weighted by Gasteiger charge is -2.31. The Bertz CT molecular complexity index is 1040. The van der Waals surface area contributed by atoms with Gasteiger partial charge in [0.15, 0.2) is 11.6 Å². The Labute approximate surface area is 200 Å². The van der Waals surface area contributed by atoms with Crippen LogP contribution in [0.2, 0.25) is 0 Å². The van der Waals surface area contributed by atoms with E-state index in [0.717, 1.165) is 11.1 Å². The number of alkyl halides is 2. The summed E-state index contributed by atoms with van der Waals surface area (Å²) in [6, 6.07) is 13.5. The Morgan fingerprint density at radius 1 is 1.12 bits per heavy atom. The van der Waals surface area contributed by atoms with Gasteiger partial charge in [-0.2, -0.15) is 0 Å². The molecule has 2 aromatic carbocycles. The van der Waals surface area contributed by atoms with Crippen molar-refractivity contribution < 1.29 is 23.1 Å². The van der Waals surface area contributed by atoms with Crippen LogP contribution in [0.25, 0.3) is 0 Å². The van der Waals surface area contributed by atoms with Crippen LogP contribution < -0.4 is 10.1 Å². The highest BCUT2D eigenvalue weighted by Crippen LogP contribution is 2.45. The standard InChI is InChI=1S/C28H33F2NO3/c1-3-24(32)22-15-20(25(33)12-8-7-11-21-13-14-31-17-28(21,29)30)16-23-26(18(2)34-27(22)23)19-9-5-4-6-10-19/h4-6,9-10,15-16,18,21,26,31H,3,7-8,11-14,17H2,1-2H3/t18-,21?,26+/m1/s1. The molecule has 6 heteroatoms. The number of unbranched alkanes of at least 4 members (excludes halogenated alkanes) is 1. The van der Waals surface area contributed by atoms with Crippen molar-refractivity contribution in [1.82, 2.24) is 5.32 Å². The Kier molecular flexibility index (Phi) is 7.46. The molecule has 4 nitrogen and oxygen atoms in total. The SMILES string of the molecule is CCC(=O)c1cc(C(=O)CCCCC2CCNCC2(F)F)cc2c1O[C@H](C)[C@H]2c1ccccc1. The van der Waals surface area contributed by atoms with Crippen LogP contribution in [-0.2, 0) is 0 Å². The Morgan fingerprint density at radius 3 is 2.59 bits per heavy atom. The van der Waals surface area contributed by atoms with Crippen LogP contribution in [0.15, 0.2) is 42.5 Å². The van der Waals surface area contributed by atoms with Crippen molar-refractivity contribution in [3.8, 4) is 5.75 Å². The number of nitrogens with one attached hydrogen (secondary N) is 1. The highest BCUT2D eigenvalue weighted by molar-refractivity contribution is 6.04. The van der Waals surface area contributed by atoms with E-state index in [4.69, 9.17) is 4.74 Å². The van der Waals surface area contributed by atoms with Crippen molar-refractivity contribution in [2.75, 3.05) is 13.1 Å². The van der Waals surface area contributed by atoms with Gasteiger partial charge in [0.25, 0.3) is 5.92 Å². The average Bonchev–Trinajstić information content (AvgIpc) is 3.17. The maximum atomic E-state index is 14.0. The zero-order valence-electron chi connectivity index (χ0n) is 19.9. The van der Waals surface area contributed by atoms with Gasteiger partial charge in [0.2, 0.25) is 0 Å². The summed E-state index contributed by atoms with van der Waals surface area (Å²) in [5, 5.41) is 2.75. The van der Waals surface area contributed by atoms with Gasteiger partial charge in [0.1, 0.15) is 11.9 Å². The van der Waals surface area contributed by atoms with E-state index in [1.807, 2.05) is 43.3 Å². The van der Waals surface area contributed by atoms with Gasteiger partial charge in [-0.3, -0.25) is 9.59 Å². The topological polar surface area (TPSA) is 55.4 Å². The predicted molar refractivity (Wildman–Crippen MR) is 128 cm³/mol. The molecule has 1 fully saturated rings. The first kappa shape index (κ1) is 24.5. The molecule has 2 aromatic rings. The molecular formula is C28H33F2NO3. The van der Waals surface area contributed by atoms with E-state index in [1.54, 1.807) is 13.0 Å². The molecule has 1 N–H and O–H groups in total. The summed E-state index contributed by atoms with van der Waals surface area (Å²) < 4.78 is 34.2. The molecule has 3 atom stereocenters. The zero-order chi connectivity index (χ0) is 24.3. The number of piperidine rings is 1. The fourth-order valence-electron chi connectivity index (χ4n) is 5.25. The monoisotopic (exact) mass is 469 g/mol. The molecule has 0 saturated carbocycles. The average molecular weight is 470 g/mol. The van der Waals surface area contributed by atoms with Crippen molar-refractivity contribution in [3.05, 3.63) is 64.7 Å². The number of rotatable bonds is 9. The summed E-state index contributed by atoms with van der Waals surface area (Å²) in [7, 11) is 0. The molecule has 0 bridgehead atoms. The molecule has 2 aliphatic heterocycles. The summed E-state index contributed by atoms with van der Waals surface area (Å²) in [5.41, 5.74) is 2.91. The Balaban J connectivity index is 1.51. The van der Waals surface area contributed by atoms with Crippen LogP contribution in [0.3, 0.4) is 0 Å². The van der Waals surface area contributed by atoms with Gasteiger partial charge in [-0.05, 0) is 50.4 Å². The van der Waals surface area contributed by atoms with Gasteiger partial charge in [-0.25, -0.2) is 8.78 Å². The number of halogens is 2. The van der Waals surface area contributed by atoms with Crippen LogP contribution in [-0.4, -0.2) is 36.7 Å². The number of hydrogen-bond acceptors (Lipinski definition) is 4. The van der Waals surface area contributed by atoms with E-state index in [1.165, 1.54) is 0 Å². The van der Waals surface area contributed by atoms with E-state index < -0.39 is 11.8 Å². The second-order valence-electron chi connectivity index (χ2n) is 9.52. The second-order valence-corrected chi connectivity index (χ2v) is 9.52. The highest BCUT2D eigenvalue weighted by Gasteiger charge is 2.41. The lowest BCUT2D eigenvalue weighted by atomic mass is 9.85. The maximum Gasteiger partial charge on any atom is 0.263 e. The molecule has 1 unspecified atom stereocenters. The molecule has 4 rings (SSSR count). The number of fused-ring (bicyclic) bond motifs is 1. The molecular weight excluding hydrogens is 436 g/mol. The van der Waals surface area contributed by atoms with Crippen LogP contribution in [0.4, 0.5) is 8.78 Å². The molecule has 0 amide bonds. The van der Waals surface area contributed by atoms with Crippen LogP contribution in [0, 0.1) is 5.92 Å². The van der Waals surface area contributed by atoms with E-state index in [-0.39, 0.29) is 36.6 Å².